The molecular formula is C29H23F2N3O5S. The number of aromatic nitrogens is 3. The number of aromatic amines is 1. The Balaban J connectivity index is 1.65. The number of aryl methyl sites for hydroxylation is 1. The topological polar surface area (TPSA) is 103 Å². The Bertz CT molecular complexity index is 1850. The van der Waals surface area contributed by atoms with Crippen LogP contribution in [0.25, 0.3) is 28.2 Å². The molecule has 0 atom stereocenters. The quantitative estimate of drug-likeness (QED) is 0.178. The second-order valence-electron chi connectivity index (χ2n) is 8.75. The number of fused-ring (bicyclic) bond motifs is 1. The zero-order chi connectivity index (χ0) is 28.4. The van der Waals surface area contributed by atoms with Crippen molar-refractivity contribution in [3.8, 4) is 22.8 Å². The lowest BCUT2D eigenvalue weighted by Gasteiger charge is -2.14. The summed E-state index contributed by atoms with van der Waals surface area (Å²) in [6, 6.07) is 14.2. The standard InChI is InChI=1S/C29H23F2N3O5S/c1-3-38-28(35)11-9-22-21-13-15-34(40(36,37)20-7-4-18(2)5-8-20)27(21)17-25(31)29(22)39-19-6-10-24(30)23(16-19)26-12-14-32-33-26/h4-17H,3H2,1-2H3,(H,32,33)/b11-9+. The van der Waals surface area contributed by atoms with Gasteiger partial charge in [0.25, 0.3) is 10.0 Å². The molecule has 204 valence electrons. The first-order chi connectivity index (χ1) is 19.2. The normalized spacial score (nSPS) is 11.8. The van der Waals surface area contributed by atoms with Gasteiger partial charge in [-0.05, 0) is 62.4 Å². The van der Waals surface area contributed by atoms with Gasteiger partial charge < -0.3 is 9.47 Å². The third-order valence-corrected chi connectivity index (χ3v) is 7.79. The predicted octanol–water partition coefficient (Wildman–Crippen LogP) is 6.22. The number of hydrogen-bond acceptors (Lipinski definition) is 6. The number of hydrogen-bond donors (Lipinski definition) is 1. The number of ether oxygens (including phenoxy) is 2. The Morgan fingerprint density at radius 2 is 1.82 bits per heavy atom. The van der Waals surface area contributed by atoms with Crippen LogP contribution in [0.3, 0.4) is 0 Å². The fourth-order valence-corrected chi connectivity index (χ4v) is 5.51. The third kappa shape index (κ3) is 5.10. The van der Waals surface area contributed by atoms with Crippen molar-refractivity contribution in [1.29, 1.82) is 0 Å². The number of halogens is 2. The maximum Gasteiger partial charge on any atom is 0.330 e. The summed E-state index contributed by atoms with van der Waals surface area (Å²) in [7, 11) is -4.08. The molecule has 0 aliphatic heterocycles. The number of rotatable bonds is 8. The minimum Gasteiger partial charge on any atom is -0.463 e. The number of carbonyl (C=O) groups is 1. The summed E-state index contributed by atoms with van der Waals surface area (Å²) >= 11 is 0. The lowest BCUT2D eigenvalue weighted by atomic mass is 10.1. The fraction of sp³-hybridized carbons (Fsp3) is 0.103. The Morgan fingerprint density at radius 1 is 1.05 bits per heavy atom. The van der Waals surface area contributed by atoms with Gasteiger partial charge in [0.15, 0.2) is 11.6 Å². The highest BCUT2D eigenvalue weighted by Crippen LogP contribution is 2.38. The average molecular weight is 564 g/mol. The summed E-state index contributed by atoms with van der Waals surface area (Å²) in [6.07, 6.45) is 5.22. The number of carbonyl (C=O) groups excluding carboxylic acids is 1. The molecule has 2 heterocycles. The molecule has 0 unspecified atom stereocenters. The molecule has 0 aliphatic rings. The molecule has 8 nitrogen and oxygen atoms in total. The van der Waals surface area contributed by atoms with Crippen molar-refractivity contribution in [3.63, 3.8) is 0 Å². The number of nitrogens with zero attached hydrogens (tertiary/aromatic N) is 2. The van der Waals surface area contributed by atoms with Gasteiger partial charge in [-0.25, -0.2) is 26.0 Å². The minimum atomic E-state index is -4.08. The van der Waals surface area contributed by atoms with E-state index >= 15 is 4.39 Å². The van der Waals surface area contributed by atoms with E-state index in [-0.39, 0.29) is 39.6 Å². The maximum absolute atomic E-state index is 15.7. The second-order valence-corrected chi connectivity index (χ2v) is 10.6. The highest BCUT2D eigenvalue weighted by Gasteiger charge is 2.24. The summed E-state index contributed by atoms with van der Waals surface area (Å²) in [5.41, 5.74) is 1.45. The number of esters is 1. The van der Waals surface area contributed by atoms with Crippen molar-refractivity contribution in [2.24, 2.45) is 0 Å². The Morgan fingerprint density at radius 3 is 2.52 bits per heavy atom. The van der Waals surface area contributed by atoms with E-state index in [2.05, 4.69) is 10.2 Å². The van der Waals surface area contributed by atoms with E-state index in [9.17, 15) is 17.6 Å². The van der Waals surface area contributed by atoms with Gasteiger partial charge in [-0.15, -0.1) is 0 Å². The maximum atomic E-state index is 15.7. The van der Waals surface area contributed by atoms with E-state index in [1.54, 1.807) is 25.1 Å². The van der Waals surface area contributed by atoms with Crippen LogP contribution in [0.15, 0.2) is 84.0 Å². The highest BCUT2D eigenvalue weighted by atomic mass is 32.2. The van der Waals surface area contributed by atoms with Crippen LogP contribution in [0, 0.1) is 18.6 Å². The first-order valence-electron chi connectivity index (χ1n) is 12.2. The van der Waals surface area contributed by atoms with Gasteiger partial charge in [0.05, 0.1) is 22.7 Å². The lowest BCUT2D eigenvalue weighted by molar-refractivity contribution is -0.137. The van der Waals surface area contributed by atoms with Crippen LogP contribution in [-0.4, -0.2) is 35.2 Å². The molecular weight excluding hydrogens is 540 g/mol. The van der Waals surface area contributed by atoms with Gasteiger partial charge in [0, 0.05) is 41.0 Å². The SMILES string of the molecule is CCOC(=O)/C=C/c1c(Oc2ccc(F)c(-c3cc[nH]n3)c2)c(F)cc2c1ccn2S(=O)(=O)c1ccc(C)cc1. The molecule has 0 aliphatic carbocycles. The molecule has 0 bridgehead atoms. The molecule has 2 aromatic heterocycles. The molecule has 11 heteroatoms. The molecule has 0 radical (unpaired) electrons. The van der Waals surface area contributed by atoms with Crippen molar-refractivity contribution in [3.05, 3.63) is 102 Å². The predicted molar refractivity (Wildman–Crippen MR) is 145 cm³/mol. The van der Waals surface area contributed by atoms with Crippen LogP contribution in [0.2, 0.25) is 0 Å². The van der Waals surface area contributed by atoms with Gasteiger partial charge in [0.2, 0.25) is 0 Å². The Hall–Kier alpha value is -4.77. The average Bonchev–Trinajstić information content (AvgIpc) is 3.61. The van der Waals surface area contributed by atoms with E-state index in [0.29, 0.717) is 11.1 Å². The summed E-state index contributed by atoms with van der Waals surface area (Å²) in [4.78, 5) is 12.1. The molecule has 0 amide bonds. The van der Waals surface area contributed by atoms with E-state index in [4.69, 9.17) is 9.47 Å². The molecule has 0 fully saturated rings. The third-order valence-electron chi connectivity index (χ3n) is 6.09. The monoisotopic (exact) mass is 563 g/mol. The first-order valence-corrected chi connectivity index (χ1v) is 13.6. The minimum absolute atomic E-state index is 0.0251. The van der Waals surface area contributed by atoms with E-state index in [0.717, 1.165) is 27.7 Å². The number of H-pyrrole nitrogens is 1. The van der Waals surface area contributed by atoms with Gasteiger partial charge in [-0.3, -0.25) is 5.10 Å². The lowest BCUT2D eigenvalue weighted by Crippen LogP contribution is -2.12. The van der Waals surface area contributed by atoms with Crippen LogP contribution < -0.4 is 4.74 Å². The van der Waals surface area contributed by atoms with E-state index < -0.39 is 27.6 Å². The van der Waals surface area contributed by atoms with Gasteiger partial charge >= 0.3 is 5.97 Å². The first kappa shape index (κ1) is 26.8. The summed E-state index contributed by atoms with van der Waals surface area (Å²) in [5.74, 6) is -2.34. The molecule has 0 saturated heterocycles. The van der Waals surface area contributed by atoms with Crippen LogP contribution in [0.5, 0.6) is 11.5 Å². The molecule has 40 heavy (non-hydrogen) atoms. The molecule has 5 aromatic rings. The fourth-order valence-electron chi connectivity index (χ4n) is 4.17. The molecule has 0 spiro atoms. The van der Waals surface area contributed by atoms with Crippen LogP contribution in [-0.2, 0) is 19.6 Å². The molecule has 1 N–H and O–H groups in total. The smallest absolute Gasteiger partial charge is 0.330 e. The zero-order valence-corrected chi connectivity index (χ0v) is 22.2. The molecule has 3 aromatic carbocycles. The van der Waals surface area contributed by atoms with E-state index in [1.165, 1.54) is 48.8 Å². The largest absolute Gasteiger partial charge is 0.463 e. The Kier molecular flexibility index (Phi) is 7.22. The molecule has 0 saturated carbocycles. The Labute approximate surface area is 228 Å². The van der Waals surface area contributed by atoms with Gasteiger partial charge in [-0.1, -0.05) is 17.7 Å². The highest BCUT2D eigenvalue weighted by molar-refractivity contribution is 7.90. The van der Waals surface area contributed by atoms with Gasteiger partial charge in [0.1, 0.15) is 11.6 Å². The van der Waals surface area contributed by atoms with Crippen molar-refractivity contribution < 1.29 is 31.5 Å². The summed E-state index contributed by atoms with van der Waals surface area (Å²) < 4.78 is 68.9. The second kappa shape index (κ2) is 10.8. The molecule has 5 rings (SSSR count). The summed E-state index contributed by atoms with van der Waals surface area (Å²) in [6.45, 7) is 3.60. The van der Waals surface area contributed by atoms with Crippen molar-refractivity contribution in [2.75, 3.05) is 6.61 Å². The van der Waals surface area contributed by atoms with Crippen molar-refractivity contribution in [1.82, 2.24) is 14.2 Å². The van der Waals surface area contributed by atoms with Crippen LogP contribution in [0.1, 0.15) is 18.1 Å². The number of benzene rings is 3. The summed E-state index contributed by atoms with van der Waals surface area (Å²) in [5, 5.41) is 6.88. The van der Waals surface area contributed by atoms with Gasteiger partial charge in [-0.2, -0.15) is 5.10 Å². The number of nitrogens with one attached hydrogen (secondary N) is 1. The van der Waals surface area contributed by atoms with Crippen molar-refractivity contribution in [2.45, 2.75) is 18.7 Å². The van der Waals surface area contributed by atoms with Crippen LogP contribution >= 0.6 is 0 Å². The zero-order valence-electron chi connectivity index (χ0n) is 21.4. The van der Waals surface area contributed by atoms with Crippen LogP contribution in [0.4, 0.5) is 8.78 Å². The van der Waals surface area contributed by atoms with Crippen molar-refractivity contribution >= 4 is 33.0 Å². The van der Waals surface area contributed by atoms with E-state index in [1.807, 2.05) is 6.92 Å².